The first kappa shape index (κ1) is 21.4. The first-order chi connectivity index (χ1) is 13.2. The predicted octanol–water partition coefficient (Wildman–Crippen LogP) is 3.70. The van der Waals surface area contributed by atoms with Crippen LogP contribution < -0.4 is 0 Å². The molecule has 0 atom stereocenters. The summed E-state index contributed by atoms with van der Waals surface area (Å²) in [4.78, 5) is 26.5. The van der Waals surface area contributed by atoms with Crippen LogP contribution in [0.1, 0.15) is 34.6 Å². The van der Waals surface area contributed by atoms with Crippen LogP contribution in [0.3, 0.4) is 0 Å². The van der Waals surface area contributed by atoms with Gasteiger partial charge in [-0.05, 0) is 29.6 Å². The van der Waals surface area contributed by atoms with Crippen molar-refractivity contribution >= 4 is 34.6 Å². The number of imide groups is 1. The molecule has 3 rings (SSSR count). The number of ether oxygens (including phenoxy) is 2. The quantitative estimate of drug-likeness (QED) is 0.399. The fourth-order valence-electron chi connectivity index (χ4n) is 2.86. The van der Waals surface area contributed by atoms with E-state index in [4.69, 9.17) is 14.0 Å². The summed E-state index contributed by atoms with van der Waals surface area (Å²) in [7, 11) is 0. The third kappa shape index (κ3) is 5.07. The maximum Gasteiger partial charge on any atom is 0.261 e. The molecule has 146 valence electrons. The molecule has 2 amide bonds. The summed E-state index contributed by atoms with van der Waals surface area (Å²) < 4.78 is 19.2. The second kappa shape index (κ2) is 11.0. The fourth-order valence-corrected chi connectivity index (χ4v) is 3.05. The number of hydrogen-bond donors (Lipinski definition) is 1. The molecule has 0 saturated heterocycles. The molecule has 0 radical (unpaired) electrons. The number of hydrogen-bond acceptors (Lipinski definition) is 6. The minimum absolute atomic E-state index is 0.203. The van der Waals surface area contributed by atoms with Gasteiger partial charge in [-0.2, -0.15) is 0 Å². The maximum absolute atomic E-state index is 12.7. The highest BCUT2D eigenvalue weighted by Crippen LogP contribution is 2.29. The molecule has 7 heteroatoms. The summed E-state index contributed by atoms with van der Waals surface area (Å²) in [6.07, 6.45) is 0. The predicted molar refractivity (Wildman–Crippen MR) is 107 cm³/mol. The van der Waals surface area contributed by atoms with Gasteiger partial charge in [0.1, 0.15) is 0 Å². The highest BCUT2D eigenvalue weighted by molar-refractivity contribution is 7.93. The van der Waals surface area contributed by atoms with Crippen LogP contribution in [0.25, 0.3) is 10.8 Å². The zero-order valence-electron chi connectivity index (χ0n) is 15.6. The standard InChI is InChI=1S/C18H19NO5S.C2H6/c20-17-14-5-1-3-13-4-2-6-15(16(13)14)18(21)19(17)7-8-23-9-10-24-11-12-25-22;1-2/h1-6,22H,7-12H2;1-2H3. The molecule has 27 heavy (non-hydrogen) atoms. The van der Waals surface area contributed by atoms with Gasteiger partial charge in [0.25, 0.3) is 11.8 Å². The van der Waals surface area contributed by atoms with E-state index in [9.17, 15) is 9.59 Å². The van der Waals surface area contributed by atoms with Crippen LogP contribution in [0.4, 0.5) is 0 Å². The zero-order chi connectivity index (χ0) is 19.6. The van der Waals surface area contributed by atoms with E-state index >= 15 is 0 Å². The van der Waals surface area contributed by atoms with Crippen LogP contribution in [-0.4, -0.2) is 60.0 Å². The normalized spacial score (nSPS) is 12.9. The molecule has 0 aromatic heterocycles. The molecule has 0 spiro atoms. The van der Waals surface area contributed by atoms with E-state index in [1.165, 1.54) is 4.90 Å². The summed E-state index contributed by atoms with van der Waals surface area (Å²) in [5.74, 6) is -0.0508. The van der Waals surface area contributed by atoms with Crippen molar-refractivity contribution in [3.8, 4) is 0 Å². The number of carbonyl (C=O) groups is 2. The van der Waals surface area contributed by atoms with E-state index in [1.807, 2.05) is 38.1 Å². The largest absolute Gasteiger partial charge is 0.378 e. The van der Waals surface area contributed by atoms with Crippen LogP contribution in [0.2, 0.25) is 0 Å². The molecule has 1 aliphatic heterocycles. The van der Waals surface area contributed by atoms with E-state index in [0.29, 0.717) is 36.7 Å². The van der Waals surface area contributed by atoms with Gasteiger partial charge in [-0.25, -0.2) is 0 Å². The summed E-state index contributed by atoms with van der Waals surface area (Å²) in [6.45, 7) is 5.69. The Balaban J connectivity index is 0.00000126. The molecule has 1 aliphatic rings. The molecule has 0 bridgehead atoms. The van der Waals surface area contributed by atoms with Gasteiger partial charge in [-0.15, -0.1) is 0 Å². The van der Waals surface area contributed by atoms with Gasteiger partial charge in [-0.3, -0.25) is 14.5 Å². The molecule has 0 unspecified atom stereocenters. The highest BCUT2D eigenvalue weighted by Gasteiger charge is 2.32. The molecule has 0 saturated carbocycles. The lowest BCUT2D eigenvalue weighted by Gasteiger charge is -2.27. The monoisotopic (exact) mass is 391 g/mol. The van der Waals surface area contributed by atoms with Crippen molar-refractivity contribution in [2.24, 2.45) is 0 Å². The second-order valence-electron chi connectivity index (χ2n) is 5.53. The first-order valence-electron chi connectivity index (χ1n) is 9.04. The van der Waals surface area contributed by atoms with E-state index < -0.39 is 0 Å². The van der Waals surface area contributed by atoms with Crippen molar-refractivity contribution in [2.45, 2.75) is 13.8 Å². The molecular formula is C20H25NO5S. The van der Waals surface area contributed by atoms with E-state index in [1.54, 1.807) is 12.1 Å². The lowest BCUT2D eigenvalue weighted by atomic mass is 9.94. The van der Waals surface area contributed by atoms with Gasteiger partial charge in [-0.1, -0.05) is 38.1 Å². The van der Waals surface area contributed by atoms with E-state index in [-0.39, 0.29) is 25.0 Å². The van der Waals surface area contributed by atoms with Gasteiger partial charge in [0.15, 0.2) is 0 Å². The Hall–Kier alpha value is -1.93. The Kier molecular flexibility index (Phi) is 8.74. The van der Waals surface area contributed by atoms with Crippen molar-refractivity contribution in [2.75, 3.05) is 38.7 Å². The third-order valence-electron chi connectivity index (χ3n) is 4.01. The van der Waals surface area contributed by atoms with Crippen LogP contribution in [0.15, 0.2) is 36.4 Å². The highest BCUT2D eigenvalue weighted by atomic mass is 32.2. The lowest BCUT2D eigenvalue weighted by molar-refractivity contribution is 0.0367. The molecule has 2 aromatic carbocycles. The maximum atomic E-state index is 12.7. The van der Waals surface area contributed by atoms with Gasteiger partial charge >= 0.3 is 0 Å². The smallest absolute Gasteiger partial charge is 0.261 e. The van der Waals surface area contributed by atoms with Crippen LogP contribution in [0, 0.1) is 0 Å². The van der Waals surface area contributed by atoms with Crippen molar-refractivity contribution in [1.82, 2.24) is 4.90 Å². The zero-order valence-corrected chi connectivity index (χ0v) is 16.5. The minimum Gasteiger partial charge on any atom is -0.378 e. The Morgan fingerprint density at radius 1 is 0.889 bits per heavy atom. The molecule has 0 fully saturated rings. The van der Waals surface area contributed by atoms with E-state index in [0.717, 1.165) is 22.8 Å². The van der Waals surface area contributed by atoms with Crippen molar-refractivity contribution < 1.29 is 23.6 Å². The molecular weight excluding hydrogens is 366 g/mol. The van der Waals surface area contributed by atoms with Crippen molar-refractivity contribution in [1.29, 1.82) is 0 Å². The molecule has 1 N–H and O–H groups in total. The number of benzene rings is 2. The summed E-state index contributed by atoms with van der Waals surface area (Å²) in [5.41, 5.74) is 1.11. The topological polar surface area (TPSA) is 76.1 Å². The lowest BCUT2D eigenvalue weighted by Crippen LogP contribution is -2.42. The summed E-state index contributed by atoms with van der Waals surface area (Å²) in [5, 5.41) is 1.62. The summed E-state index contributed by atoms with van der Waals surface area (Å²) >= 11 is 0.734. The average molecular weight is 391 g/mol. The Morgan fingerprint density at radius 3 is 2.00 bits per heavy atom. The van der Waals surface area contributed by atoms with Gasteiger partial charge < -0.3 is 14.0 Å². The fraction of sp³-hybridized carbons (Fsp3) is 0.400. The van der Waals surface area contributed by atoms with Crippen LogP contribution >= 0.6 is 12.0 Å². The molecule has 0 aliphatic carbocycles. The number of rotatable bonds is 9. The second-order valence-corrected chi connectivity index (χ2v) is 6.20. The molecule has 1 heterocycles. The third-order valence-corrected chi connectivity index (χ3v) is 4.36. The molecule has 2 aromatic rings. The van der Waals surface area contributed by atoms with Crippen molar-refractivity contribution in [3.05, 3.63) is 47.5 Å². The average Bonchev–Trinajstić information content (AvgIpc) is 2.71. The Morgan fingerprint density at radius 2 is 1.44 bits per heavy atom. The SMILES string of the molecule is CC.O=C1c2cccc3cccc(c23)C(=O)N1CCOCCOCCSO. The summed E-state index contributed by atoms with van der Waals surface area (Å²) in [6, 6.07) is 11.0. The Labute approximate surface area is 163 Å². The number of carbonyl (C=O) groups excluding carboxylic acids is 2. The molecule has 6 nitrogen and oxygen atoms in total. The minimum atomic E-state index is -0.283. The van der Waals surface area contributed by atoms with Crippen LogP contribution in [0.5, 0.6) is 0 Å². The van der Waals surface area contributed by atoms with Gasteiger partial charge in [0, 0.05) is 22.3 Å². The Bertz CT molecular complexity index is 729. The number of nitrogens with zero attached hydrogens (tertiary/aromatic N) is 1. The first-order valence-corrected chi connectivity index (χ1v) is 9.98. The van der Waals surface area contributed by atoms with Gasteiger partial charge in [0.05, 0.1) is 33.0 Å². The van der Waals surface area contributed by atoms with Crippen LogP contribution in [-0.2, 0) is 9.47 Å². The van der Waals surface area contributed by atoms with E-state index in [2.05, 4.69) is 0 Å². The number of amides is 2. The van der Waals surface area contributed by atoms with Gasteiger partial charge in [0.2, 0.25) is 0 Å². The van der Waals surface area contributed by atoms with Crippen molar-refractivity contribution in [3.63, 3.8) is 0 Å².